The van der Waals surface area contributed by atoms with Gasteiger partial charge in [-0.1, -0.05) is 56.3 Å². The molecule has 0 saturated heterocycles. The van der Waals surface area contributed by atoms with E-state index in [1.54, 1.807) is 0 Å². The van der Waals surface area contributed by atoms with Crippen LogP contribution in [0.5, 0.6) is 0 Å². The summed E-state index contributed by atoms with van der Waals surface area (Å²) in [4.78, 5) is 0. The van der Waals surface area contributed by atoms with E-state index < -0.39 is 0 Å². The second kappa shape index (κ2) is 3.22. The first-order chi connectivity index (χ1) is 5.08. The molecule has 0 atom stereocenters. The van der Waals surface area contributed by atoms with Gasteiger partial charge < -0.3 is 0 Å². The summed E-state index contributed by atoms with van der Waals surface area (Å²) >= 11 is 0. The van der Waals surface area contributed by atoms with Crippen LogP contribution in [0, 0.1) is 0 Å². The Morgan fingerprint density at radius 2 is 1.55 bits per heavy atom. The standard InChI is InChI=1S/C10H15Si/c1-10(2,3)11-9-7-5-4-6-8-9/h4-8,11H,1-3H3. The molecule has 0 heterocycles. The van der Waals surface area contributed by atoms with Crippen molar-refractivity contribution in [1.29, 1.82) is 0 Å². The van der Waals surface area contributed by atoms with Gasteiger partial charge in [0.2, 0.25) is 0 Å². The average Bonchev–Trinajstić information content (AvgIpc) is 1.85. The van der Waals surface area contributed by atoms with Crippen LogP contribution in [0.2, 0.25) is 5.04 Å². The molecule has 1 heteroatoms. The Morgan fingerprint density at radius 3 is 2.00 bits per heavy atom. The van der Waals surface area contributed by atoms with Crippen molar-refractivity contribution >= 4 is 14.7 Å². The molecule has 59 valence electrons. The Labute approximate surface area is 71.5 Å². The van der Waals surface area contributed by atoms with Crippen LogP contribution in [0.3, 0.4) is 0 Å². The van der Waals surface area contributed by atoms with Crippen molar-refractivity contribution < 1.29 is 0 Å². The number of rotatable bonds is 1. The fourth-order valence-electron chi connectivity index (χ4n) is 1.05. The summed E-state index contributed by atoms with van der Waals surface area (Å²) in [5.41, 5.74) is 0. The topological polar surface area (TPSA) is 0 Å². The van der Waals surface area contributed by atoms with Crippen molar-refractivity contribution in [3.63, 3.8) is 0 Å². The summed E-state index contributed by atoms with van der Waals surface area (Å²) < 4.78 is 0. The van der Waals surface area contributed by atoms with Crippen LogP contribution in [0.1, 0.15) is 20.8 Å². The van der Waals surface area contributed by atoms with Gasteiger partial charge in [-0.15, -0.1) is 0 Å². The van der Waals surface area contributed by atoms with E-state index >= 15 is 0 Å². The summed E-state index contributed by atoms with van der Waals surface area (Å²) in [5, 5.41) is 2.00. The van der Waals surface area contributed by atoms with Crippen molar-refractivity contribution in [3.8, 4) is 0 Å². The maximum Gasteiger partial charge on any atom is 0.0724 e. The van der Waals surface area contributed by atoms with Gasteiger partial charge in [0.25, 0.3) is 0 Å². The normalized spacial score (nSPS) is 11.5. The molecule has 0 nitrogen and oxygen atoms in total. The quantitative estimate of drug-likeness (QED) is 0.555. The molecule has 0 N–H and O–H groups in total. The third-order valence-electron chi connectivity index (χ3n) is 1.40. The maximum absolute atomic E-state index is 2.30. The van der Waals surface area contributed by atoms with E-state index in [0.717, 1.165) is 0 Å². The SMILES string of the molecule is CC(C)(C)[SiH]c1ccccc1. The van der Waals surface area contributed by atoms with Crippen LogP contribution in [0.15, 0.2) is 30.3 Å². The lowest BCUT2D eigenvalue weighted by Gasteiger charge is -2.16. The Morgan fingerprint density at radius 1 is 1.00 bits per heavy atom. The Hall–Kier alpha value is -0.563. The molecule has 0 aromatic heterocycles. The van der Waals surface area contributed by atoms with Gasteiger partial charge in [-0.25, -0.2) is 0 Å². The van der Waals surface area contributed by atoms with Gasteiger partial charge in [0.1, 0.15) is 0 Å². The molecule has 1 aromatic carbocycles. The van der Waals surface area contributed by atoms with Crippen LogP contribution in [0.4, 0.5) is 0 Å². The molecule has 0 fully saturated rings. The Bertz CT molecular complexity index is 208. The minimum atomic E-state index is 0.420. The highest BCUT2D eigenvalue weighted by Gasteiger charge is 2.11. The molecule has 1 rings (SSSR count). The molecule has 1 radical (unpaired) electrons. The molecule has 0 unspecified atom stereocenters. The zero-order chi connectivity index (χ0) is 8.32. The molecule has 0 aliphatic carbocycles. The van der Waals surface area contributed by atoms with Crippen LogP contribution in [0.25, 0.3) is 0 Å². The van der Waals surface area contributed by atoms with E-state index in [1.165, 1.54) is 5.19 Å². The fourth-order valence-corrected chi connectivity index (χ4v) is 2.46. The van der Waals surface area contributed by atoms with E-state index in [2.05, 4.69) is 51.1 Å². The predicted octanol–water partition coefficient (Wildman–Crippen LogP) is 1.97. The highest BCUT2D eigenvalue weighted by Crippen LogP contribution is 2.19. The molecule has 0 saturated carbocycles. The molecule has 0 aliphatic rings. The van der Waals surface area contributed by atoms with Gasteiger partial charge in [-0.2, -0.15) is 0 Å². The van der Waals surface area contributed by atoms with Crippen LogP contribution < -0.4 is 5.19 Å². The Kier molecular flexibility index (Phi) is 2.50. The largest absolute Gasteiger partial charge is 0.0724 e. The van der Waals surface area contributed by atoms with E-state index in [0.29, 0.717) is 14.6 Å². The molecule has 0 amide bonds. The molecule has 0 aliphatic heterocycles. The maximum atomic E-state index is 2.30. The first kappa shape index (κ1) is 8.53. The third kappa shape index (κ3) is 3.37. The third-order valence-corrected chi connectivity index (χ3v) is 2.98. The minimum absolute atomic E-state index is 0.420. The van der Waals surface area contributed by atoms with E-state index in [1.807, 2.05) is 0 Å². The zero-order valence-corrected chi connectivity index (χ0v) is 8.62. The smallest absolute Gasteiger partial charge is 0.0651 e. The monoisotopic (exact) mass is 163 g/mol. The van der Waals surface area contributed by atoms with Crippen molar-refractivity contribution in [2.45, 2.75) is 25.8 Å². The van der Waals surface area contributed by atoms with Gasteiger partial charge in [-0.3, -0.25) is 0 Å². The van der Waals surface area contributed by atoms with E-state index in [9.17, 15) is 0 Å². The van der Waals surface area contributed by atoms with E-state index in [4.69, 9.17) is 0 Å². The highest BCUT2D eigenvalue weighted by atomic mass is 28.2. The number of benzene rings is 1. The molecule has 1 aromatic rings. The second-order valence-corrected chi connectivity index (χ2v) is 6.61. The van der Waals surface area contributed by atoms with Gasteiger partial charge in [-0.05, 0) is 5.04 Å². The number of hydrogen-bond acceptors (Lipinski definition) is 0. The van der Waals surface area contributed by atoms with E-state index in [-0.39, 0.29) is 0 Å². The molecular weight excluding hydrogens is 148 g/mol. The van der Waals surface area contributed by atoms with Crippen molar-refractivity contribution in [2.75, 3.05) is 0 Å². The molecule has 0 spiro atoms. The predicted molar refractivity (Wildman–Crippen MR) is 52.9 cm³/mol. The molecule has 0 bridgehead atoms. The summed E-state index contributed by atoms with van der Waals surface area (Å²) in [7, 11) is 0.420. The Balaban J connectivity index is 2.66. The van der Waals surface area contributed by atoms with Gasteiger partial charge in [0.05, 0.1) is 9.52 Å². The van der Waals surface area contributed by atoms with Crippen LogP contribution >= 0.6 is 0 Å². The lowest BCUT2D eigenvalue weighted by Crippen LogP contribution is -2.22. The summed E-state index contributed by atoms with van der Waals surface area (Å²) in [6.07, 6.45) is 0. The summed E-state index contributed by atoms with van der Waals surface area (Å²) in [6.45, 7) is 6.90. The van der Waals surface area contributed by atoms with Gasteiger partial charge >= 0.3 is 0 Å². The lowest BCUT2D eigenvalue weighted by molar-refractivity contribution is 0.759. The second-order valence-electron chi connectivity index (χ2n) is 3.92. The van der Waals surface area contributed by atoms with Crippen LogP contribution in [-0.4, -0.2) is 9.52 Å². The minimum Gasteiger partial charge on any atom is -0.0651 e. The van der Waals surface area contributed by atoms with Crippen molar-refractivity contribution in [3.05, 3.63) is 30.3 Å². The molecule has 11 heavy (non-hydrogen) atoms. The zero-order valence-electron chi connectivity index (χ0n) is 7.46. The lowest BCUT2D eigenvalue weighted by atomic mass is 10.2. The summed E-state index contributed by atoms with van der Waals surface area (Å²) in [6, 6.07) is 10.8. The first-order valence-corrected chi connectivity index (χ1v) is 5.14. The molecular formula is C10H15Si. The highest BCUT2D eigenvalue weighted by molar-refractivity contribution is 6.56. The summed E-state index contributed by atoms with van der Waals surface area (Å²) in [5.74, 6) is 0. The first-order valence-electron chi connectivity index (χ1n) is 3.99. The number of hydrogen-bond donors (Lipinski definition) is 0. The van der Waals surface area contributed by atoms with Gasteiger partial charge in [0.15, 0.2) is 0 Å². The van der Waals surface area contributed by atoms with Gasteiger partial charge in [0, 0.05) is 0 Å². The van der Waals surface area contributed by atoms with Crippen molar-refractivity contribution in [2.24, 2.45) is 0 Å². The fraction of sp³-hybridized carbons (Fsp3) is 0.400. The van der Waals surface area contributed by atoms with Crippen molar-refractivity contribution in [1.82, 2.24) is 0 Å². The average molecular weight is 163 g/mol. The van der Waals surface area contributed by atoms with Crippen LogP contribution in [-0.2, 0) is 0 Å².